The maximum atomic E-state index is 5.44. The number of nitrogens with one attached hydrogen (secondary N) is 1. The number of fused-ring (bicyclic) bond motifs is 1. The average Bonchev–Trinajstić information content (AvgIpc) is 3.13. The van der Waals surface area contributed by atoms with Crippen LogP contribution in [0.5, 0.6) is 0 Å². The number of benzene rings is 1. The highest BCUT2D eigenvalue weighted by Crippen LogP contribution is 2.24. The third kappa shape index (κ3) is 2.75. The van der Waals surface area contributed by atoms with Crippen molar-refractivity contribution < 1.29 is 4.74 Å². The Bertz CT molecular complexity index is 775. The van der Waals surface area contributed by atoms with Gasteiger partial charge in [-0.3, -0.25) is 0 Å². The lowest BCUT2D eigenvalue weighted by molar-refractivity contribution is 0.150. The van der Waals surface area contributed by atoms with Gasteiger partial charge in [-0.15, -0.1) is 5.10 Å². The Balaban J connectivity index is 1.50. The lowest BCUT2D eigenvalue weighted by Crippen LogP contribution is -2.13. The highest BCUT2D eigenvalue weighted by Gasteiger charge is 2.10. The second-order valence-corrected chi connectivity index (χ2v) is 6.14. The number of aromatic nitrogens is 3. The third-order valence-corrected chi connectivity index (χ3v) is 4.44. The van der Waals surface area contributed by atoms with Gasteiger partial charge in [0.1, 0.15) is 0 Å². The van der Waals surface area contributed by atoms with Gasteiger partial charge in [0.25, 0.3) is 0 Å². The van der Waals surface area contributed by atoms with E-state index in [4.69, 9.17) is 4.74 Å². The van der Waals surface area contributed by atoms with Crippen molar-refractivity contribution in [2.75, 3.05) is 25.1 Å². The molecule has 0 atom stereocenters. The van der Waals surface area contributed by atoms with Gasteiger partial charge in [0.2, 0.25) is 10.1 Å². The number of anilines is 1. The summed E-state index contributed by atoms with van der Waals surface area (Å²) in [5.41, 5.74) is 3.34. The molecule has 1 aromatic carbocycles. The minimum absolute atomic E-state index is 0.716. The molecule has 1 N–H and O–H groups in total. The zero-order chi connectivity index (χ0) is 14.8. The smallest absolute Gasteiger partial charge is 0.214 e. The lowest BCUT2D eigenvalue weighted by atomic mass is 10.2. The predicted octanol–water partition coefficient (Wildman–Crippen LogP) is 3.22. The van der Waals surface area contributed by atoms with Gasteiger partial charge < -0.3 is 10.1 Å². The predicted molar refractivity (Wildman–Crippen MR) is 88.3 cm³/mol. The van der Waals surface area contributed by atoms with E-state index in [0.29, 0.717) is 6.61 Å². The summed E-state index contributed by atoms with van der Waals surface area (Å²) in [6.45, 7) is 2.33. The molecule has 5 nitrogen and oxygen atoms in total. The summed E-state index contributed by atoms with van der Waals surface area (Å²) in [6.07, 6.45) is 5.21. The van der Waals surface area contributed by atoms with E-state index in [-0.39, 0.29) is 0 Å². The first-order chi connectivity index (χ1) is 10.9. The summed E-state index contributed by atoms with van der Waals surface area (Å²) in [6, 6.07) is 10.2. The fourth-order valence-electron chi connectivity index (χ4n) is 2.44. The largest absolute Gasteiger partial charge is 0.377 e. The summed E-state index contributed by atoms with van der Waals surface area (Å²) in [7, 11) is 0. The molecule has 6 heteroatoms. The molecule has 0 bridgehead atoms. The Morgan fingerprint density at radius 1 is 1.27 bits per heavy atom. The summed E-state index contributed by atoms with van der Waals surface area (Å²) in [5.74, 6) is 0. The van der Waals surface area contributed by atoms with Crippen LogP contribution in [0.3, 0.4) is 0 Å². The quantitative estimate of drug-likeness (QED) is 0.752. The molecule has 3 aromatic rings. The molecule has 0 saturated carbocycles. The Kier molecular flexibility index (Phi) is 3.62. The summed E-state index contributed by atoms with van der Waals surface area (Å²) in [5, 5.41) is 8.77. The first-order valence-corrected chi connectivity index (χ1v) is 8.11. The van der Waals surface area contributed by atoms with Crippen LogP contribution in [-0.2, 0) is 4.74 Å². The van der Waals surface area contributed by atoms with E-state index < -0.39 is 0 Å². The van der Waals surface area contributed by atoms with Gasteiger partial charge in [0.15, 0.2) is 0 Å². The minimum Gasteiger partial charge on any atom is -0.377 e. The van der Waals surface area contributed by atoms with Crippen LogP contribution in [-0.4, -0.2) is 34.4 Å². The van der Waals surface area contributed by atoms with Crippen molar-refractivity contribution in [3.63, 3.8) is 0 Å². The molecule has 112 valence electrons. The van der Waals surface area contributed by atoms with Gasteiger partial charge in [0, 0.05) is 12.1 Å². The Hall–Kier alpha value is -2.18. The number of ether oxygens (including phenoxy) is 1. The maximum Gasteiger partial charge on any atom is 0.214 e. The van der Waals surface area contributed by atoms with E-state index in [2.05, 4.69) is 33.6 Å². The van der Waals surface area contributed by atoms with Crippen LogP contribution in [0.1, 0.15) is 6.42 Å². The van der Waals surface area contributed by atoms with Crippen molar-refractivity contribution >= 4 is 21.4 Å². The molecular weight excluding hydrogens is 296 g/mol. The van der Waals surface area contributed by atoms with Crippen molar-refractivity contribution in [1.82, 2.24) is 14.6 Å². The number of nitrogens with zero attached hydrogens (tertiary/aromatic N) is 3. The fraction of sp³-hybridized carbons (Fsp3) is 0.250. The van der Waals surface area contributed by atoms with E-state index in [0.717, 1.165) is 40.9 Å². The van der Waals surface area contributed by atoms with Gasteiger partial charge in [-0.2, -0.15) is 0 Å². The SMILES string of the molecule is C1=C(CNc2nn3cc(-c4ccccc4)nc3s2)COCC1. The average molecular weight is 312 g/mol. The van der Waals surface area contributed by atoms with E-state index >= 15 is 0 Å². The van der Waals surface area contributed by atoms with Crippen LogP contribution in [0.15, 0.2) is 48.2 Å². The molecular formula is C16H16N4OS. The number of hydrogen-bond acceptors (Lipinski definition) is 5. The number of rotatable bonds is 4. The molecule has 0 aliphatic carbocycles. The summed E-state index contributed by atoms with van der Waals surface area (Å²) in [4.78, 5) is 5.54. The Labute approximate surface area is 132 Å². The molecule has 0 saturated heterocycles. The molecule has 0 spiro atoms. The van der Waals surface area contributed by atoms with Crippen LogP contribution in [0, 0.1) is 0 Å². The van der Waals surface area contributed by atoms with E-state index in [1.807, 2.05) is 28.9 Å². The first kappa shape index (κ1) is 13.5. The van der Waals surface area contributed by atoms with Crippen LogP contribution in [0.4, 0.5) is 5.13 Å². The van der Waals surface area contributed by atoms with Gasteiger partial charge in [-0.05, 0) is 12.0 Å². The van der Waals surface area contributed by atoms with E-state index in [1.165, 1.54) is 5.57 Å². The normalized spacial score (nSPS) is 15.0. The van der Waals surface area contributed by atoms with Gasteiger partial charge in [-0.25, -0.2) is 9.50 Å². The highest BCUT2D eigenvalue weighted by molar-refractivity contribution is 7.20. The Morgan fingerprint density at radius 3 is 2.95 bits per heavy atom. The third-order valence-electron chi connectivity index (χ3n) is 3.56. The van der Waals surface area contributed by atoms with Crippen LogP contribution < -0.4 is 5.32 Å². The molecule has 4 rings (SSSR count). The molecule has 0 fully saturated rings. The molecule has 2 aromatic heterocycles. The standard InChI is InChI=1S/C16H16N4OS/c1-2-6-13(7-3-1)14-10-20-16(18-14)22-15(19-20)17-9-12-5-4-8-21-11-12/h1-3,5-7,10H,4,8-9,11H2,(H,17,19). The second-order valence-electron chi connectivity index (χ2n) is 5.18. The van der Waals surface area contributed by atoms with Crippen LogP contribution >= 0.6 is 11.3 Å². The van der Waals surface area contributed by atoms with Crippen LogP contribution in [0.2, 0.25) is 0 Å². The van der Waals surface area contributed by atoms with Crippen LogP contribution in [0.25, 0.3) is 16.2 Å². The maximum absolute atomic E-state index is 5.44. The molecule has 0 radical (unpaired) electrons. The zero-order valence-electron chi connectivity index (χ0n) is 12.0. The Morgan fingerprint density at radius 2 is 2.18 bits per heavy atom. The number of imidazole rings is 1. The topological polar surface area (TPSA) is 51.5 Å². The monoisotopic (exact) mass is 312 g/mol. The highest BCUT2D eigenvalue weighted by atomic mass is 32.1. The summed E-state index contributed by atoms with van der Waals surface area (Å²) >= 11 is 1.56. The molecule has 22 heavy (non-hydrogen) atoms. The minimum atomic E-state index is 0.716. The molecule has 0 unspecified atom stereocenters. The first-order valence-electron chi connectivity index (χ1n) is 7.30. The van der Waals surface area contributed by atoms with Crippen molar-refractivity contribution in [1.29, 1.82) is 0 Å². The van der Waals surface area contributed by atoms with Crippen molar-refractivity contribution in [2.45, 2.75) is 6.42 Å². The zero-order valence-corrected chi connectivity index (χ0v) is 12.8. The van der Waals surface area contributed by atoms with Crippen molar-refractivity contribution in [2.24, 2.45) is 0 Å². The second kappa shape index (κ2) is 5.90. The fourth-order valence-corrected chi connectivity index (χ4v) is 3.22. The lowest BCUT2D eigenvalue weighted by Gasteiger charge is -2.13. The van der Waals surface area contributed by atoms with E-state index in [1.54, 1.807) is 11.3 Å². The van der Waals surface area contributed by atoms with Gasteiger partial charge >= 0.3 is 0 Å². The van der Waals surface area contributed by atoms with Gasteiger partial charge in [-0.1, -0.05) is 47.7 Å². The molecule has 1 aliphatic rings. The number of hydrogen-bond donors (Lipinski definition) is 1. The van der Waals surface area contributed by atoms with E-state index in [9.17, 15) is 0 Å². The van der Waals surface area contributed by atoms with Gasteiger partial charge in [0.05, 0.1) is 25.1 Å². The molecule has 3 heterocycles. The molecule has 1 aliphatic heterocycles. The molecule has 0 amide bonds. The van der Waals surface area contributed by atoms with Crippen molar-refractivity contribution in [3.8, 4) is 11.3 Å². The van der Waals surface area contributed by atoms with Crippen molar-refractivity contribution in [3.05, 3.63) is 48.2 Å². The summed E-state index contributed by atoms with van der Waals surface area (Å²) < 4.78 is 7.27.